The lowest BCUT2D eigenvalue weighted by Gasteiger charge is -2.16. The van der Waals surface area contributed by atoms with Gasteiger partial charge in [-0.25, -0.2) is 0 Å². The third-order valence-electron chi connectivity index (χ3n) is 3.17. The van der Waals surface area contributed by atoms with Gasteiger partial charge in [-0.3, -0.25) is 4.79 Å². The molecule has 0 bridgehead atoms. The molecule has 2 aromatic rings. The minimum atomic E-state index is -4.31. The van der Waals surface area contributed by atoms with Crippen LogP contribution in [0.15, 0.2) is 41.8 Å². The molecule has 0 saturated carbocycles. The minimum Gasteiger partial charge on any atom is -0.340 e. The maximum atomic E-state index is 12.5. The van der Waals surface area contributed by atoms with E-state index in [9.17, 15) is 18.0 Å². The number of hydrogen-bond acceptors (Lipinski definition) is 3. The zero-order chi connectivity index (χ0) is 16.9. The van der Waals surface area contributed by atoms with E-state index < -0.39 is 11.7 Å². The summed E-state index contributed by atoms with van der Waals surface area (Å²) in [6, 6.07) is 8.97. The number of hydrogen-bond donors (Lipinski definition) is 0. The fourth-order valence-electron chi connectivity index (χ4n) is 1.88. The van der Waals surface area contributed by atoms with Gasteiger partial charge in [-0.15, -0.1) is 23.1 Å². The third kappa shape index (κ3) is 5.58. The maximum absolute atomic E-state index is 12.5. The smallest absolute Gasteiger partial charge is 0.340 e. The van der Waals surface area contributed by atoms with Gasteiger partial charge in [-0.2, -0.15) is 13.2 Å². The summed E-state index contributed by atoms with van der Waals surface area (Å²) in [4.78, 5) is 14.8. The molecule has 0 saturated heterocycles. The molecule has 0 radical (unpaired) electrons. The summed E-state index contributed by atoms with van der Waals surface area (Å²) in [7, 11) is 1.75. The summed E-state index contributed by atoms with van der Waals surface area (Å²) in [5, 5.41) is 1.97. The molecule has 0 aliphatic rings. The van der Waals surface area contributed by atoms with Crippen LogP contribution in [0, 0.1) is 0 Å². The molecule has 1 heterocycles. The molecule has 0 unspecified atom stereocenters. The van der Waals surface area contributed by atoms with Gasteiger partial charge in [0.25, 0.3) is 0 Å². The molecule has 0 spiro atoms. The molecule has 124 valence electrons. The summed E-state index contributed by atoms with van der Waals surface area (Å²) in [6.45, 7) is 0.581. The van der Waals surface area contributed by atoms with E-state index >= 15 is 0 Å². The highest BCUT2D eigenvalue weighted by atomic mass is 32.2. The Labute approximate surface area is 141 Å². The number of rotatable bonds is 6. The molecule has 0 atom stereocenters. The van der Waals surface area contributed by atoms with Crippen LogP contribution in [0.25, 0.3) is 0 Å². The first-order valence-electron chi connectivity index (χ1n) is 6.86. The molecule has 0 fully saturated rings. The van der Waals surface area contributed by atoms with Gasteiger partial charge in [-0.05, 0) is 29.1 Å². The van der Waals surface area contributed by atoms with Gasteiger partial charge >= 0.3 is 6.18 Å². The lowest BCUT2D eigenvalue weighted by Crippen LogP contribution is -2.27. The number of benzene rings is 1. The zero-order valence-electron chi connectivity index (χ0n) is 12.5. The molecule has 1 aromatic heterocycles. The minimum absolute atomic E-state index is 0.00955. The molecule has 2 nitrogen and oxygen atoms in total. The van der Waals surface area contributed by atoms with Crippen molar-refractivity contribution in [1.82, 2.24) is 4.90 Å². The van der Waals surface area contributed by atoms with Gasteiger partial charge in [0.1, 0.15) is 0 Å². The van der Waals surface area contributed by atoms with E-state index in [0.717, 1.165) is 22.6 Å². The standard InChI is InChI=1S/C16H16F3NOS2/c1-20(9-14-3-2-8-23-14)15(21)11-22-10-12-4-6-13(7-5-12)16(17,18)19/h2-8H,9-11H2,1H3. The van der Waals surface area contributed by atoms with E-state index in [-0.39, 0.29) is 5.91 Å². The van der Waals surface area contributed by atoms with Crippen LogP contribution < -0.4 is 0 Å². The first-order chi connectivity index (χ1) is 10.9. The van der Waals surface area contributed by atoms with Crippen LogP contribution in [-0.4, -0.2) is 23.6 Å². The predicted molar refractivity (Wildman–Crippen MR) is 88.4 cm³/mol. The molecule has 23 heavy (non-hydrogen) atoms. The molecule has 2 rings (SSSR count). The summed E-state index contributed by atoms with van der Waals surface area (Å²) in [6.07, 6.45) is -4.31. The van der Waals surface area contributed by atoms with Gasteiger partial charge in [0.05, 0.1) is 17.9 Å². The first kappa shape index (κ1) is 17.9. The highest BCUT2D eigenvalue weighted by Crippen LogP contribution is 2.29. The Hall–Kier alpha value is -1.47. The monoisotopic (exact) mass is 359 g/mol. The summed E-state index contributed by atoms with van der Waals surface area (Å²) >= 11 is 3.00. The molecule has 0 N–H and O–H groups in total. The topological polar surface area (TPSA) is 20.3 Å². The number of alkyl halides is 3. The van der Waals surface area contributed by atoms with E-state index in [2.05, 4.69) is 0 Å². The van der Waals surface area contributed by atoms with Crippen LogP contribution in [0.3, 0.4) is 0 Å². The molecular weight excluding hydrogens is 343 g/mol. The van der Waals surface area contributed by atoms with Crippen LogP contribution in [0.1, 0.15) is 16.0 Å². The van der Waals surface area contributed by atoms with Crippen LogP contribution in [0.4, 0.5) is 13.2 Å². The van der Waals surface area contributed by atoms with E-state index in [0.29, 0.717) is 18.1 Å². The summed E-state index contributed by atoms with van der Waals surface area (Å²) < 4.78 is 37.4. The Balaban J connectivity index is 1.77. The van der Waals surface area contributed by atoms with Crippen molar-refractivity contribution < 1.29 is 18.0 Å². The lowest BCUT2D eigenvalue weighted by atomic mass is 10.1. The second-order valence-electron chi connectivity index (χ2n) is 5.02. The molecular formula is C16H16F3NOS2. The van der Waals surface area contributed by atoms with E-state index in [1.54, 1.807) is 23.3 Å². The Morgan fingerprint density at radius 1 is 1.22 bits per heavy atom. The fraction of sp³-hybridized carbons (Fsp3) is 0.312. The number of carbonyl (C=O) groups is 1. The first-order valence-corrected chi connectivity index (χ1v) is 8.90. The zero-order valence-corrected chi connectivity index (χ0v) is 14.1. The fourth-order valence-corrected chi connectivity index (χ4v) is 3.56. The van der Waals surface area contributed by atoms with Crippen LogP contribution in [0.5, 0.6) is 0 Å². The van der Waals surface area contributed by atoms with Crippen molar-refractivity contribution >= 4 is 29.0 Å². The number of amides is 1. The second-order valence-corrected chi connectivity index (χ2v) is 7.03. The number of halogens is 3. The van der Waals surface area contributed by atoms with Gasteiger partial charge in [0.2, 0.25) is 5.91 Å². The van der Waals surface area contributed by atoms with Crippen molar-refractivity contribution in [1.29, 1.82) is 0 Å². The normalized spacial score (nSPS) is 11.5. The average Bonchev–Trinajstić information content (AvgIpc) is 2.99. The van der Waals surface area contributed by atoms with Gasteiger partial charge in [0.15, 0.2) is 0 Å². The molecule has 0 aliphatic heterocycles. The Morgan fingerprint density at radius 2 is 1.91 bits per heavy atom. The third-order valence-corrected chi connectivity index (χ3v) is 5.02. The van der Waals surface area contributed by atoms with Crippen LogP contribution in [0.2, 0.25) is 0 Å². The Morgan fingerprint density at radius 3 is 2.48 bits per heavy atom. The van der Waals surface area contributed by atoms with Crippen molar-refractivity contribution in [3.05, 3.63) is 57.8 Å². The quantitative estimate of drug-likeness (QED) is 0.748. The number of thioether (sulfide) groups is 1. The van der Waals surface area contributed by atoms with Crippen molar-refractivity contribution in [2.45, 2.75) is 18.5 Å². The van der Waals surface area contributed by atoms with Gasteiger partial charge in [0, 0.05) is 17.7 Å². The highest BCUT2D eigenvalue weighted by molar-refractivity contribution is 7.99. The molecule has 1 amide bonds. The summed E-state index contributed by atoms with van der Waals surface area (Å²) in [5.74, 6) is 0.829. The SMILES string of the molecule is CN(Cc1cccs1)C(=O)CSCc1ccc(C(F)(F)F)cc1. The van der Waals surface area contributed by atoms with E-state index in [1.807, 2.05) is 17.5 Å². The van der Waals surface area contributed by atoms with E-state index in [4.69, 9.17) is 0 Å². The second kappa shape index (κ2) is 7.88. The van der Waals surface area contributed by atoms with E-state index in [1.165, 1.54) is 23.9 Å². The number of thiophene rings is 1. The van der Waals surface area contributed by atoms with Crippen LogP contribution in [-0.2, 0) is 23.3 Å². The lowest BCUT2D eigenvalue weighted by molar-refractivity contribution is -0.137. The van der Waals surface area contributed by atoms with Gasteiger partial charge < -0.3 is 4.90 Å². The Kier molecular flexibility index (Phi) is 6.12. The van der Waals surface area contributed by atoms with Crippen molar-refractivity contribution in [2.75, 3.05) is 12.8 Å². The molecule has 1 aromatic carbocycles. The maximum Gasteiger partial charge on any atom is 0.416 e. The van der Waals surface area contributed by atoms with Crippen molar-refractivity contribution in [3.8, 4) is 0 Å². The molecule has 7 heteroatoms. The Bertz CT molecular complexity index is 624. The van der Waals surface area contributed by atoms with Crippen LogP contribution >= 0.6 is 23.1 Å². The largest absolute Gasteiger partial charge is 0.416 e. The number of carbonyl (C=O) groups excluding carboxylic acids is 1. The molecule has 0 aliphatic carbocycles. The van der Waals surface area contributed by atoms with Crippen molar-refractivity contribution in [3.63, 3.8) is 0 Å². The predicted octanol–water partition coefficient (Wildman–Crippen LogP) is 4.66. The average molecular weight is 359 g/mol. The highest BCUT2D eigenvalue weighted by Gasteiger charge is 2.29. The van der Waals surface area contributed by atoms with Crippen molar-refractivity contribution in [2.24, 2.45) is 0 Å². The summed E-state index contributed by atoms with van der Waals surface area (Å²) in [5.41, 5.74) is 0.120. The number of nitrogens with zero attached hydrogens (tertiary/aromatic N) is 1. The van der Waals surface area contributed by atoms with Gasteiger partial charge in [-0.1, -0.05) is 18.2 Å².